The van der Waals surface area contributed by atoms with Crippen molar-refractivity contribution in [3.05, 3.63) is 5.69 Å². The summed E-state index contributed by atoms with van der Waals surface area (Å²) in [6.07, 6.45) is 2.45. The average Bonchev–Trinajstić information content (AvgIpc) is 2.81. The zero-order valence-electron chi connectivity index (χ0n) is 10.9. The number of rotatable bonds is 8. The highest BCUT2D eigenvalue weighted by Gasteiger charge is 2.14. The Hall–Kier alpha value is -0.720. The van der Waals surface area contributed by atoms with Gasteiger partial charge in [-0.25, -0.2) is 5.84 Å². The maximum atomic E-state index is 5.43. The Morgan fingerprint density at radius 2 is 2.06 bits per heavy atom. The minimum absolute atomic E-state index is 0.760. The van der Waals surface area contributed by atoms with E-state index in [1.165, 1.54) is 24.4 Å². The quantitative estimate of drug-likeness (QED) is 0.551. The standard InChI is InChI=1S/C11H23N5S/c1-4-9(5-2)7-16(6-3)8-10-11(13-12)17-15-14-10/h9,13H,4-8,12H2,1-3H3. The normalized spacial score (nSPS) is 11.4. The number of nitrogens with one attached hydrogen (secondary N) is 1. The fourth-order valence-electron chi connectivity index (χ4n) is 1.85. The molecule has 0 aliphatic carbocycles. The molecule has 1 heterocycles. The number of anilines is 1. The van der Waals surface area contributed by atoms with Gasteiger partial charge in [0, 0.05) is 24.6 Å². The van der Waals surface area contributed by atoms with Crippen LogP contribution in [-0.4, -0.2) is 27.6 Å². The molecular formula is C11H23N5S. The van der Waals surface area contributed by atoms with E-state index in [2.05, 4.69) is 40.7 Å². The number of hydrazine groups is 1. The molecule has 0 bridgehead atoms. The lowest BCUT2D eigenvalue weighted by Gasteiger charge is -2.24. The molecule has 0 spiro atoms. The van der Waals surface area contributed by atoms with E-state index in [1.54, 1.807) is 0 Å². The third-order valence-corrected chi connectivity index (χ3v) is 3.88. The number of nitrogens with zero attached hydrogens (tertiary/aromatic N) is 3. The third-order valence-electron chi connectivity index (χ3n) is 3.18. The smallest absolute Gasteiger partial charge is 0.148 e. The van der Waals surface area contributed by atoms with Crippen molar-refractivity contribution in [1.29, 1.82) is 0 Å². The Morgan fingerprint density at radius 3 is 2.59 bits per heavy atom. The van der Waals surface area contributed by atoms with Gasteiger partial charge < -0.3 is 5.43 Å². The second-order valence-corrected chi connectivity index (χ2v) is 4.96. The van der Waals surface area contributed by atoms with Crippen molar-refractivity contribution in [2.45, 2.75) is 40.2 Å². The van der Waals surface area contributed by atoms with Crippen molar-refractivity contribution in [1.82, 2.24) is 14.5 Å². The van der Waals surface area contributed by atoms with Gasteiger partial charge in [-0.1, -0.05) is 38.1 Å². The molecule has 1 aromatic rings. The number of nitrogens with two attached hydrogens (primary N) is 1. The van der Waals surface area contributed by atoms with Crippen LogP contribution in [0.25, 0.3) is 0 Å². The van der Waals surface area contributed by atoms with Gasteiger partial charge in [0.25, 0.3) is 0 Å². The first-order valence-corrected chi connectivity index (χ1v) is 7.02. The summed E-state index contributed by atoms with van der Waals surface area (Å²) in [5.74, 6) is 6.19. The first-order chi connectivity index (χ1) is 8.24. The zero-order chi connectivity index (χ0) is 12.7. The van der Waals surface area contributed by atoms with Gasteiger partial charge in [0.1, 0.15) is 10.7 Å². The summed E-state index contributed by atoms with van der Waals surface area (Å²) in [5, 5.41) is 4.99. The molecule has 0 aliphatic heterocycles. The Bertz CT molecular complexity index is 311. The molecule has 0 fully saturated rings. The largest absolute Gasteiger partial charge is 0.313 e. The van der Waals surface area contributed by atoms with Gasteiger partial charge >= 0.3 is 0 Å². The Balaban J connectivity index is 2.57. The predicted molar refractivity (Wildman–Crippen MR) is 72.7 cm³/mol. The van der Waals surface area contributed by atoms with Crippen molar-refractivity contribution in [3.8, 4) is 0 Å². The van der Waals surface area contributed by atoms with Crippen LogP contribution in [0.5, 0.6) is 0 Å². The highest BCUT2D eigenvalue weighted by molar-refractivity contribution is 7.10. The van der Waals surface area contributed by atoms with Crippen molar-refractivity contribution in [3.63, 3.8) is 0 Å². The molecule has 0 atom stereocenters. The first kappa shape index (κ1) is 14.3. The molecule has 1 aromatic heterocycles. The van der Waals surface area contributed by atoms with Crippen LogP contribution in [0.3, 0.4) is 0 Å². The first-order valence-electron chi connectivity index (χ1n) is 6.25. The van der Waals surface area contributed by atoms with Gasteiger partial charge in [-0.05, 0) is 12.5 Å². The van der Waals surface area contributed by atoms with E-state index < -0.39 is 0 Å². The Labute approximate surface area is 108 Å². The number of nitrogen functional groups attached to an aromatic ring is 1. The fraction of sp³-hybridized carbons (Fsp3) is 0.818. The average molecular weight is 257 g/mol. The van der Waals surface area contributed by atoms with Crippen LogP contribution in [-0.2, 0) is 6.54 Å². The minimum Gasteiger partial charge on any atom is -0.313 e. The van der Waals surface area contributed by atoms with Gasteiger partial charge in [0.05, 0.1) is 0 Å². The van der Waals surface area contributed by atoms with E-state index >= 15 is 0 Å². The van der Waals surface area contributed by atoms with E-state index in [1.807, 2.05) is 0 Å². The summed E-state index contributed by atoms with van der Waals surface area (Å²) in [6.45, 7) is 9.64. The maximum absolute atomic E-state index is 5.43. The summed E-state index contributed by atoms with van der Waals surface area (Å²) in [4.78, 5) is 2.40. The van der Waals surface area contributed by atoms with Crippen molar-refractivity contribution < 1.29 is 0 Å². The van der Waals surface area contributed by atoms with Crippen molar-refractivity contribution in [2.24, 2.45) is 11.8 Å². The monoisotopic (exact) mass is 257 g/mol. The molecule has 17 heavy (non-hydrogen) atoms. The lowest BCUT2D eigenvalue weighted by atomic mass is 10.0. The summed E-state index contributed by atoms with van der Waals surface area (Å²) in [6, 6.07) is 0. The molecule has 6 heteroatoms. The third kappa shape index (κ3) is 4.22. The molecule has 5 nitrogen and oxygen atoms in total. The lowest BCUT2D eigenvalue weighted by molar-refractivity contribution is 0.224. The molecule has 0 unspecified atom stereocenters. The summed E-state index contributed by atoms with van der Waals surface area (Å²) in [5.41, 5.74) is 3.60. The van der Waals surface area contributed by atoms with Crippen LogP contribution in [0.15, 0.2) is 0 Å². The number of hydrogen-bond acceptors (Lipinski definition) is 6. The van der Waals surface area contributed by atoms with E-state index in [0.29, 0.717) is 0 Å². The summed E-state index contributed by atoms with van der Waals surface area (Å²) >= 11 is 1.31. The molecule has 3 N–H and O–H groups in total. The Kier molecular flexibility index (Phi) is 6.39. The summed E-state index contributed by atoms with van der Waals surface area (Å²) < 4.78 is 3.92. The van der Waals surface area contributed by atoms with Crippen molar-refractivity contribution >= 4 is 16.5 Å². The number of aromatic nitrogens is 2. The Morgan fingerprint density at radius 1 is 1.35 bits per heavy atom. The zero-order valence-corrected chi connectivity index (χ0v) is 11.8. The maximum Gasteiger partial charge on any atom is 0.148 e. The summed E-state index contributed by atoms with van der Waals surface area (Å²) in [7, 11) is 0. The van der Waals surface area contributed by atoms with E-state index in [0.717, 1.165) is 36.2 Å². The SMILES string of the molecule is CCC(CC)CN(CC)Cc1nnsc1NN. The molecule has 0 saturated carbocycles. The molecule has 0 radical (unpaired) electrons. The van der Waals surface area contributed by atoms with Gasteiger partial charge in [0.2, 0.25) is 0 Å². The molecule has 0 saturated heterocycles. The van der Waals surface area contributed by atoms with Gasteiger partial charge in [-0.15, -0.1) is 5.10 Å². The lowest BCUT2D eigenvalue weighted by Crippen LogP contribution is -2.29. The fourth-order valence-corrected chi connectivity index (χ4v) is 2.34. The van der Waals surface area contributed by atoms with E-state index in [4.69, 9.17) is 5.84 Å². The number of hydrogen-bond donors (Lipinski definition) is 2. The van der Waals surface area contributed by atoms with Crippen LogP contribution in [0.1, 0.15) is 39.3 Å². The molecular weight excluding hydrogens is 234 g/mol. The molecule has 98 valence electrons. The van der Waals surface area contributed by atoms with Gasteiger partial charge in [-0.3, -0.25) is 4.90 Å². The van der Waals surface area contributed by atoms with Crippen LogP contribution < -0.4 is 11.3 Å². The molecule has 0 amide bonds. The van der Waals surface area contributed by atoms with Crippen LogP contribution in [0.4, 0.5) is 5.00 Å². The topological polar surface area (TPSA) is 67.1 Å². The van der Waals surface area contributed by atoms with Gasteiger partial charge in [0.15, 0.2) is 0 Å². The molecule has 0 aromatic carbocycles. The predicted octanol–water partition coefficient (Wildman–Crippen LogP) is 2.08. The highest BCUT2D eigenvalue weighted by Crippen LogP contribution is 2.19. The second kappa shape index (κ2) is 7.58. The van der Waals surface area contributed by atoms with Crippen LogP contribution in [0, 0.1) is 5.92 Å². The van der Waals surface area contributed by atoms with Crippen molar-refractivity contribution in [2.75, 3.05) is 18.5 Å². The molecule has 0 aliphatic rings. The van der Waals surface area contributed by atoms with E-state index in [-0.39, 0.29) is 0 Å². The minimum atomic E-state index is 0.760. The van der Waals surface area contributed by atoms with Crippen LogP contribution >= 0.6 is 11.5 Å². The second-order valence-electron chi connectivity index (χ2n) is 4.20. The highest BCUT2D eigenvalue weighted by atomic mass is 32.1. The molecule has 1 rings (SSSR count). The van der Waals surface area contributed by atoms with Gasteiger partial charge in [-0.2, -0.15) is 0 Å². The van der Waals surface area contributed by atoms with E-state index in [9.17, 15) is 0 Å². The van der Waals surface area contributed by atoms with Crippen LogP contribution in [0.2, 0.25) is 0 Å².